The van der Waals surface area contributed by atoms with Gasteiger partial charge in [0, 0.05) is 6.08 Å². The van der Waals surface area contributed by atoms with Crippen LogP contribution >= 0.6 is 0 Å². The second-order valence-electron chi connectivity index (χ2n) is 4.36. The van der Waals surface area contributed by atoms with Crippen LogP contribution in [0.15, 0.2) is 54.6 Å². The molecule has 0 aliphatic carbocycles. The van der Waals surface area contributed by atoms with Crippen molar-refractivity contribution in [3.8, 4) is 11.5 Å². The van der Waals surface area contributed by atoms with Crippen molar-refractivity contribution in [3.63, 3.8) is 0 Å². The molecule has 4 nitrogen and oxygen atoms in total. The average Bonchev–Trinajstić information content (AvgIpc) is 2.52. The number of methoxy groups -OCH3 is 2. The summed E-state index contributed by atoms with van der Waals surface area (Å²) in [4.78, 5) is 11.1. The lowest BCUT2D eigenvalue weighted by Gasteiger charge is -2.10. The van der Waals surface area contributed by atoms with E-state index in [-0.39, 0.29) is 0 Å². The molecule has 4 heteroatoms. The molecule has 2 aromatic carbocycles. The van der Waals surface area contributed by atoms with Gasteiger partial charge < -0.3 is 14.6 Å². The van der Waals surface area contributed by atoms with Gasteiger partial charge in [0.1, 0.15) is 11.5 Å². The largest absolute Gasteiger partial charge is 0.497 e. The fraction of sp³-hybridized carbons (Fsp3) is 0.118. The summed E-state index contributed by atoms with van der Waals surface area (Å²) < 4.78 is 10.4. The Morgan fingerprint density at radius 2 is 1.43 bits per heavy atom. The zero-order valence-corrected chi connectivity index (χ0v) is 11.9. The smallest absolute Gasteiger partial charge is 0.328 e. The lowest BCUT2D eigenvalue weighted by Crippen LogP contribution is -1.96. The summed E-state index contributed by atoms with van der Waals surface area (Å²) in [6.45, 7) is 0. The molecule has 2 rings (SSSR count). The Balaban J connectivity index is 2.55. The van der Waals surface area contributed by atoms with Crippen LogP contribution in [0.4, 0.5) is 0 Å². The van der Waals surface area contributed by atoms with E-state index in [0.29, 0.717) is 17.1 Å². The lowest BCUT2D eigenvalue weighted by atomic mass is 9.97. The Morgan fingerprint density at radius 3 is 1.81 bits per heavy atom. The number of carboxylic acid groups (broad SMARTS) is 1. The van der Waals surface area contributed by atoms with Crippen LogP contribution < -0.4 is 9.47 Å². The van der Waals surface area contributed by atoms with Crippen LogP contribution in [0.25, 0.3) is 5.57 Å². The second kappa shape index (κ2) is 6.61. The van der Waals surface area contributed by atoms with Crippen LogP contribution in [0, 0.1) is 0 Å². The molecule has 0 saturated carbocycles. The number of ether oxygens (including phenoxy) is 2. The maximum atomic E-state index is 11.1. The molecule has 0 aliphatic heterocycles. The third kappa shape index (κ3) is 3.63. The van der Waals surface area contributed by atoms with Gasteiger partial charge >= 0.3 is 5.97 Å². The monoisotopic (exact) mass is 284 g/mol. The predicted octanol–water partition coefficient (Wildman–Crippen LogP) is 3.22. The second-order valence-corrected chi connectivity index (χ2v) is 4.36. The van der Waals surface area contributed by atoms with Crippen LogP contribution in [0.2, 0.25) is 0 Å². The molecular formula is C17H16O4. The van der Waals surface area contributed by atoms with Crippen LogP contribution in [0.5, 0.6) is 11.5 Å². The van der Waals surface area contributed by atoms with Gasteiger partial charge in [-0.05, 0) is 41.0 Å². The predicted molar refractivity (Wildman–Crippen MR) is 80.7 cm³/mol. The molecule has 0 aliphatic rings. The molecule has 2 aromatic rings. The Kier molecular flexibility index (Phi) is 4.61. The summed E-state index contributed by atoms with van der Waals surface area (Å²) in [5, 5.41) is 9.12. The third-order valence-electron chi connectivity index (χ3n) is 3.03. The standard InChI is InChI=1S/C17H16O4/c1-20-14-7-3-5-12(9-14)16(11-17(18)19)13-6-4-8-15(10-13)21-2/h3-11H,1-2H3,(H,18,19). The van der Waals surface area contributed by atoms with E-state index in [1.165, 1.54) is 6.08 Å². The summed E-state index contributed by atoms with van der Waals surface area (Å²) in [7, 11) is 3.15. The Hall–Kier alpha value is -2.75. The van der Waals surface area contributed by atoms with Crippen molar-refractivity contribution in [1.82, 2.24) is 0 Å². The summed E-state index contributed by atoms with van der Waals surface area (Å²) in [6.07, 6.45) is 1.18. The minimum Gasteiger partial charge on any atom is -0.497 e. The molecule has 0 fully saturated rings. The topological polar surface area (TPSA) is 55.8 Å². The molecule has 21 heavy (non-hydrogen) atoms. The van der Waals surface area contributed by atoms with Gasteiger partial charge in [-0.1, -0.05) is 24.3 Å². The van der Waals surface area contributed by atoms with Gasteiger partial charge in [-0.2, -0.15) is 0 Å². The molecule has 108 valence electrons. The first kappa shape index (κ1) is 14.7. The van der Waals surface area contributed by atoms with Gasteiger partial charge in [-0.3, -0.25) is 0 Å². The number of hydrogen-bond acceptors (Lipinski definition) is 3. The van der Waals surface area contributed by atoms with E-state index in [9.17, 15) is 4.79 Å². The van der Waals surface area contributed by atoms with Gasteiger partial charge in [-0.15, -0.1) is 0 Å². The molecule has 0 aromatic heterocycles. The molecule has 1 N–H and O–H groups in total. The third-order valence-corrected chi connectivity index (χ3v) is 3.03. The van der Waals surface area contributed by atoms with E-state index < -0.39 is 5.97 Å². The fourth-order valence-corrected chi connectivity index (χ4v) is 2.04. The summed E-state index contributed by atoms with van der Waals surface area (Å²) in [5.74, 6) is 0.342. The zero-order chi connectivity index (χ0) is 15.2. The Bertz CT molecular complexity index is 624. The molecule has 0 bridgehead atoms. The minimum atomic E-state index is -1.00. The van der Waals surface area contributed by atoms with Gasteiger partial charge in [-0.25, -0.2) is 4.79 Å². The zero-order valence-electron chi connectivity index (χ0n) is 11.9. The highest BCUT2D eigenvalue weighted by Gasteiger charge is 2.09. The first-order valence-electron chi connectivity index (χ1n) is 6.37. The average molecular weight is 284 g/mol. The summed E-state index contributed by atoms with van der Waals surface area (Å²) >= 11 is 0. The van der Waals surface area contributed by atoms with Crippen LogP contribution in [-0.2, 0) is 4.79 Å². The van der Waals surface area contributed by atoms with Crippen molar-refractivity contribution in [2.45, 2.75) is 0 Å². The van der Waals surface area contributed by atoms with Crippen molar-refractivity contribution in [2.24, 2.45) is 0 Å². The minimum absolute atomic E-state index is 0.598. The Labute approximate surface area is 123 Å². The molecule has 0 unspecified atom stereocenters. The molecule has 0 saturated heterocycles. The van der Waals surface area contributed by atoms with E-state index in [4.69, 9.17) is 14.6 Å². The summed E-state index contributed by atoms with van der Waals surface area (Å²) in [5.41, 5.74) is 2.13. The van der Waals surface area contributed by atoms with Crippen molar-refractivity contribution in [1.29, 1.82) is 0 Å². The fourth-order valence-electron chi connectivity index (χ4n) is 2.04. The molecule has 0 atom stereocenters. The first-order valence-corrected chi connectivity index (χ1v) is 6.37. The van der Waals surface area contributed by atoms with Gasteiger partial charge in [0.15, 0.2) is 0 Å². The highest BCUT2D eigenvalue weighted by molar-refractivity contribution is 5.95. The number of rotatable bonds is 5. The first-order chi connectivity index (χ1) is 10.1. The number of hydrogen-bond donors (Lipinski definition) is 1. The van der Waals surface area contributed by atoms with Gasteiger partial charge in [0.05, 0.1) is 14.2 Å². The van der Waals surface area contributed by atoms with Crippen molar-refractivity contribution >= 4 is 11.5 Å². The van der Waals surface area contributed by atoms with Crippen molar-refractivity contribution in [3.05, 3.63) is 65.7 Å². The van der Waals surface area contributed by atoms with Crippen LogP contribution in [0.3, 0.4) is 0 Å². The maximum Gasteiger partial charge on any atom is 0.328 e. The molecule has 0 heterocycles. The maximum absolute atomic E-state index is 11.1. The highest BCUT2D eigenvalue weighted by Crippen LogP contribution is 2.28. The number of benzene rings is 2. The van der Waals surface area contributed by atoms with E-state index in [1.54, 1.807) is 26.4 Å². The van der Waals surface area contributed by atoms with Crippen LogP contribution in [-0.4, -0.2) is 25.3 Å². The molecular weight excluding hydrogens is 268 g/mol. The molecule has 0 spiro atoms. The molecule has 0 radical (unpaired) electrons. The molecule has 0 amide bonds. The number of aliphatic carboxylic acids is 1. The van der Waals surface area contributed by atoms with Crippen molar-refractivity contribution < 1.29 is 19.4 Å². The van der Waals surface area contributed by atoms with E-state index in [2.05, 4.69) is 0 Å². The van der Waals surface area contributed by atoms with Gasteiger partial charge in [0.2, 0.25) is 0 Å². The van der Waals surface area contributed by atoms with Gasteiger partial charge in [0.25, 0.3) is 0 Å². The lowest BCUT2D eigenvalue weighted by molar-refractivity contribution is -0.131. The highest BCUT2D eigenvalue weighted by atomic mass is 16.5. The van der Waals surface area contributed by atoms with E-state index >= 15 is 0 Å². The number of carbonyl (C=O) groups is 1. The Morgan fingerprint density at radius 1 is 0.952 bits per heavy atom. The normalized spacial score (nSPS) is 9.81. The number of carboxylic acids is 1. The summed E-state index contributed by atoms with van der Waals surface area (Å²) in [6, 6.07) is 14.6. The van der Waals surface area contributed by atoms with Crippen LogP contribution in [0.1, 0.15) is 11.1 Å². The van der Waals surface area contributed by atoms with Crippen molar-refractivity contribution in [2.75, 3.05) is 14.2 Å². The quantitative estimate of drug-likeness (QED) is 0.856. The SMILES string of the molecule is COc1cccc(C(=CC(=O)O)c2cccc(OC)c2)c1. The van der Waals surface area contributed by atoms with E-state index in [1.807, 2.05) is 36.4 Å². The van der Waals surface area contributed by atoms with E-state index in [0.717, 1.165) is 11.1 Å².